The molecule has 0 aromatic carbocycles. The number of aldehydes is 1. The molecule has 0 rings (SSSR count). The van der Waals surface area contributed by atoms with Crippen molar-refractivity contribution in [3.63, 3.8) is 0 Å². The minimum absolute atomic E-state index is 0. The van der Waals surface area contributed by atoms with Crippen LogP contribution in [0.1, 0.15) is 19.8 Å². The Kier molecular flexibility index (Phi) is 16.5. The molecule has 0 fully saturated rings. The molecule has 0 unspecified atom stereocenters. The van der Waals surface area contributed by atoms with E-state index in [2.05, 4.69) is 0 Å². The third-order valence-electron chi connectivity index (χ3n) is 1.06. The molecule has 0 atom stereocenters. The Morgan fingerprint density at radius 3 is 2.80 bits per heavy atom. The van der Waals surface area contributed by atoms with E-state index in [0.29, 0.717) is 0 Å². The zero-order valence-electron chi connectivity index (χ0n) is 6.34. The molecule has 0 radical (unpaired) electrons. The van der Waals surface area contributed by atoms with Crippen LogP contribution in [0, 0.1) is 0 Å². The monoisotopic (exact) mass is 260 g/mol. The molecular formula is C6H13BrO2Zn. The summed E-state index contributed by atoms with van der Waals surface area (Å²) in [4.78, 5) is 9.82. The summed E-state index contributed by atoms with van der Waals surface area (Å²) in [7, 11) is 0. The molecule has 0 spiro atoms. The van der Waals surface area contributed by atoms with E-state index < -0.39 is 17.5 Å². The summed E-state index contributed by atoms with van der Waals surface area (Å²) >= 11 is -0.640. The van der Waals surface area contributed by atoms with E-state index in [0.717, 1.165) is 25.7 Å². The molecule has 10 heavy (non-hydrogen) atoms. The van der Waals surface area contributed by atoms with Gasteiger partial charge >= 0.3 is 63.5 Å². The predicted molar refractivity (Wildman–Crippen MR) is 42.1 cm³/mol. The Morgan fingerprint density at radius 2 is 2.30 bits per heavy atom. The van der Waals surface area contributed by atoms with Gasteiger partial charge in [0, 0.05) is 0 Å². The molecule has 0 aromatic rings. The maximum absolute atomic E-state index is 9.82. The molecule has 0 amide bonds. The van der Waals surface area contributed by atoms with Crippen molar-refractivity contribution >= 4 is 23.3 Å². The van der Waals surface area contributed by atoms with Gasteiger partial charge in [-0.3, -0.25) is 0 Å². The van der Waals surface area contributed by atoms with Crippen molar-refractivity contribution in [1.29, 1.82) is 0 Å². The van der Waals surface area contributed by atoms with E-state index in [1.165, 1.54) is 5.02 Å². The molecule has 0 aromatic heterocycles. The molecule has 0 aliphatic rings. The number of rotatable bonds is 6. The third kappa shape index (κ3) is 11.5. The summed E-state index contributed by atoms with van der Waals surface area (Å²) in [6, 6.07) is 0. The summed E-state index contributed by atoms with van der Waals surface area (Å²) in [5.74, 6) is 0. The molecule has 0 aliphatic carbocycles. The van der Waals surface area contributed by atoms with E-state index in [-0.39, 0.29) is 17.0 Å². The second kappa shape index (κ2) is 12.4. The first-order valence-electron chi connectivity index (χ1n) is 3.43. The molecule has 0 heterocycles. The van der Waals surface area contributed by atoms with Crippen LogP contribution in [0.5, 0.6) is 0 Å². The van der Waals surface area contributed by atoms with Gasteiger partial charge in [-0.15, -0.1) is 17.0 Å². The number of unbranched alkanes of at least 4 members (excludes halogenated alkanes) is 1. The molecule has 0 aliphatic heterocycles. The maximum atomic E-state index is 9.82. The molecule has 0 saturated heterocycles. The Labute approximate surface area is 80.5 Å². The fourth-order valence-corrected chi connectivity index (χ4v) is 2.64. The van der Waals surface area contributed by atoms with Gasteiger partial charge < -0.3 is 0 Å². The molecule has 58 valence electrons. The average molecular weight is 262 g/mol. The van der Waals surface area contributed by atoms with Crippen molar-refractivity contribution in [2.75, 3.05) is 6.61 Å². The van der Waals surface area contributed by atoms with Crippen LogP contribution in [0.15, 0.2) is 0 Å². The van der Waals surface area contributed by atoms with Crippen LogP contribution in [0.25, 0.3) is 0 Å². The van der Waals surface area contributed by atoms with Gasteiger partial charge in [0.05, 0.1) is 0 Å². The van der Waals surface area contributed by atoms with Crippen molar-refractivity contribution in [2.24, 2.45) is 0 Å². The summed E-state index contributed by atoms with van der Waals surface area (Å²) in [5.41, 5.74) is 0. The number of carbonyl (C=O) groups is 1. The quantitative estimate of drug-likeness (QED) is 0.416. The first-order chi connectivity index (χ1) is 4.41. The standard InChI is InChI=1S/C4H7O.C2H5O.BrH.Zn/c1-2-3-4-5;1-2-3;;/h4H,1-3H2;2H2,1H3;1H;/q;-1;;+1. The second-order valence-corrected chi connectivity index (χ2v) is 5.06. The Bertz CT molecular complexity index is 70.8. The SMILES string of the molecule is Br.CC[O][Zn][CH2]CCC=O. The van der Waals surface area contributed by atoms with E-state index >= 15 is 0 Å². The molecule has 0 N–H and O–H groups in total. The van der Waals surface area contributed by atoms with Crippen LogP contribution in [-0.4, -0.2) is 12.9 Å². The Hall–Kier alpha value is 0.733. The van der Waals surface area contributed by atoms with E-state index in [9.17, 15) is 4.79 Å². The summed E-state index contributed by atoms with van der Waals surface area (Å²) in [6.07, 6.45) is 2.75. The van der Waals surface area contributed by atoms with Crippen molar-refractivity contribution in [1.82, 2.24) is 0 Å². The van der Waals surface area contributed by atoms with Gasteiger partial charge in [-0.1, -0.05) is 0 Å². The average Bonchev–Trinajstić information content (AvgIpc) is 1.89. The van der Waals surface area contributed by atoms with Gasteiger partial charge in [0.15, 0.2) is 0 Å². The second-order valence-electron chi connectivity index (χ2n) is 1.86. The molecule has 0 bridgehead atoms. The third-order valence-corrected chi connectivity index (χ3v) is 4.18. The van der Waals surface area contributed by atoms with Crippen LogP contribution in [-0.2, 0) is 25.8 Å². The first kappa shape index (κ1) is 13.3. The first-order valence-corrected chi connectivity index (χ1v) is 6.74. The Balaban J connectivity index is 0. The van der Waals surface area contributed by atoms with Gasteiger partial charge in [-0.25, -0.2) is 0 Å². The van der Waals surface area contributed by atoms with E-state index in [1.54, 1.807) is 0 Å². The van der Waals surface area contributed by atoms with E-state index in [1.807, 2.05) is 6.92 Å². The van der Waals surface area contributed by atoms with Crippen LogP contribution in [0.4, 0.5) is 0 Å². The molecular weight excluding hydrogens is 249 g/mol. The molecule has 4 heteroatoms. The van der Waals surface area contributed by atoms with Gasteiger partial charge in [0.25, 0.3) is 0 Å². The van der Waals surface area contributed by atoms with Crippen molar-refractivity contribution in [3.8, 4) is 0 Å². The number of hydrogen-bond donors (Lipinski definition) is 0. The van der Waals surface area contributed by atoms with Crippen LogP contribution in [0.2, 0.25) is 5.02 Å². The zero-order chi connectivity index (χ0) is 6.95. The van der Waals surface area contributed by atoms with Gasteiger partial charge in [0.1, 0.15) is 0 Å². The normalized spacial score (nSPS) is 7.70. The zero-order valence-corrected chi connectivity index (χ0v) is 11.0. The van der Waals surface area contributed by atoms with Crippen LogP contribution in [0.3, 0.4) is 0 Å². The van der Waals surface area contributed by atoms with Crippen LogP contribution < -0.4 is 0 Å². The Morgan fingerprint density at radius 1 is 1.60 bits per heavy atom. The minimum atomic E-state index is -0.640. The summed E-state index contributed by atoms with van der Waals surface area (Å²) in [6.45, 7) is 2.88. The fourth-order valence-electron chi connectivity index (χ4n) is 0.576. The fraction of sp³-hybridized carbons (Fsp3) is 0.833. The molecule has 0 saturated carbocycles. The van der Waals surface area contributed by atoms with Crippen LogP contribution >= 0.6 is 17.0 Å². The van der Waals surface area contributed by atoms with Crippen molar-refractivity contribution < 1.29 is 25.8 Å². The number of carbonyl (C=O) groups excluding carboxylic acids is 1. The summed E-state index contributed by atoms with van der Waals surface area (Å²) in [5, 5.41) is 1.19. The van der Waals surface area contributed by atoms with Crippen molar-refractivity contribution in [2.45, 2.75) is 24.8 Å². The molecule has 2 nitrogen and oxygen atoms in total. The predicted octanol–water partition coefficient (Wildman–Crippen LogP) is 2.00. The number of halogens is 1. The number of hydrogen-bond acceptors (Lipinski definition) is 2. The summed E-state index contributed by atoms with van der Waals surface area (Å²) < 4.78 is 5.25. The topological polar surface area (TPSA) is 26.3 Å². The van der Waals surface area contributed by atoms with Gasteiger partial charge in [-0.05, 0) is 0 Å². The van der Waals surface area contributed by atoms with Gasteiger partial charge in [-0.2, -0.15) is 0 Å². The van der Waals surface area contributed by atoms with E-state index in [4.69, 9.17) is 3.56 Å². The van der Waals surface area contributed by atoms with Gasteiger partial charge in [0.2, 0.25) is 0 Å². The van der Waals surface area contributed by atoms with Crippen molar-refractivity contribution in [3.05, 3.63) is 0 Å².